The summed E-state index contributed by atoms with van der Waals surface area (Å²) >= 11 is 6.16. The lowest BCUT2D eigenvalue weighted by Crippen LogP contribution is -2.51. The molecule has 0 saturated carbocycles. The molecular formula is C16H18ClNO6. The van der Waals surface area contributed by atoms with Gasteiger partial charge in [-0.25, -0.2) is 0 Å². The van der Waals surface area contributed by atoms with E-state index in [1.54, 1.807) is 12.1 Å². The summed E-state index contributed by atoms with van der Waals surface area (Å²) in [7, 11) is 0. The van der Waals surface area contributed by atoms with E-state index in [1.807, 2.05) is 0 Å². The van der Waals surface area contributed by atoms with Crippen LogP contribution < -0.4 is 14.8 Å². The fourth-order valence-corrected chi connectivity index (χ4v) is 3.26. The van der Waals surface area contributed by atoms with E-state index in [0.717, 1.165) is 0 Å². The standard InChI is InChI=1S/C16H18ClNO6/c17-11-5-10(6-12-15(11)24-4-3-23-12)7-13(19)18-16(8-14(20)21)1-2-22-9-16/h5-6H,1-4,7-9H2,(H,18,19)(H,20,21). The molecule has 1 aromatic carbocycles. The van der Waals surface area contributed by atoms with Crippen molar-refractivity contribution in [1.82, 2.24) is 5.32 Å². The molecule has 1 atom stereocenters. The van der Waals surface area contributed by atoms with Crippen molar-refractivity contribution in [1.29, 1.82) is 0 Å². The average Bonchev–Trinajstić information content (AvgIpc) is 2.94. The minimum atomic E-state index is -0.969. The van der Waals surface area contributed by atoms with Crippen LogP contribution in [0.15, 0.2) is 12.1 Å². The molecule has 1 amide bonds. The number of nitrogens with one attached hydrogen (secondary N) is 1. The van der Waals surface area contributed by atoms with Gasteiger partial charge in [0.1, 0.15) is 13.2 Å². The minimum absolute atomic E-state index is 0.0672. The molecule has 130 valence electrons. The Balaban J connectivity index is 1.70. The Bertz CT molecular complexity index is 656. The third-order valence-corrected chi connectivity index (χ3v) is 4.30. The minimum Gasteiger partial charge on any atom is -0.486 e. The first-order valence-electron chi connectivity index (χ1n) is 7.66. The van der Waals surface area contributed by atoms with Gasteiger partial charge in [-0.05, 0) is 24.1 Å². The lowest BCUT2D eigenvalue weighted by atomic mass is 9.94. The van der Waals surface area contributed by atoms with E-state index < -0.39 is 11.5 Å². The zero-order valence-electron chi connectivity index (χ0n) is 13.0. The summed E-state index contributed by atoms with van der Waals surface area (Å²) in [5.41, 5.74) is -0.174. The Morgan fingerprint density at radius 3 is 2.75 bits per heavy atom. The zero-order chi connectivity index (χ0) is 17.2. The molecule has 1 saturated heterocycles. The molecule has 7 nitrogen and oxygen atoms in total. The second-order valence-corrected chi connectivity index (χ2v) is 6.39. The summed E-state index contributed by atoms with van der Waals surface area (Å²) in [6.45, 7) is 1.50. The Morgan fingerprint density at radius 1 is 1.25 bits per heavy atom. The first-order valence-corrected chi connectivity index (χ1v) is 8.04. The van der Waals surface area contributed by atoms with Gasteiger partial charge in [-0.2, -0.15) is 0 Å². The number of aliphatic carboxylic acids is 1. The van der Waals surface area contributed by atoms with Crippen molar-refractivity contribution in [3.8, 4) is 11.5 Å². The first kappa shape index (κ1) is 16.9. The Labute approximate surface area is 143 Å². The number of carboxylic acid groups (broad SMARTS) is 1. The molecule has 2 heterocycles. The van der Waals surface area contributed by atoms with Gasteiger partial charge in [0.25, 0.3) is 0 Å². The summed E-state index contributed by atoms with van der Waals surface area (Å²) in [5, 5.41) is 12.3. The van der Waals surface area contributed by atoms with Gasteiger partial charge in [-0.1, -0.05) is 11.6 Å². The largest absolute Gasteiger partial charge is 0.486 e. The maximum Gasteiger partial charge on any atom is 0.305 e. The fourth-order valence-electron chi connectivity index (χ4n) is 2.97. The van der Waals surface area contributed by atoms with Crippen molar-refractivity contribution >= 4 is 23.5 Å². The van der Waals surface area contributed by atoms with Crippen LogP contribution in [0.4, 0.5) is 0 Å². The third kappa shape index (κ3) is 3.73. The molecular weight excluding hydrogens is 338 g/mol. The molecule has 0 aliphatic carbocycles. The number of rotatable bonds is 5. The van der Waals surface area contributed by atoms with Crippen molar-refractivity contribution in [2.45, 2.75) is 24.8 Å². The third-order valence-electron chi connectivity index (χ3n) is 4.02. The highest BCUT2D eigenvalue weighted by molar-refractivity contribution is 6.32. The number of benzene rings is 1. The summed E-state index contributed by atoms with van der Waals surface area (Å²) in [5.74, 6) is -0.253. The van der Waals surface area contributed by atoms with Gasteiger partial charge in [0.15, 0.2) is 11.5 Å². The Morgan fingerprint density at radius 2 is 2.04 bits per heavy atom. The SMILES string of the molecule is O=C(O)CC1(NC(=O)Cc2cc(Cl)c3c(c2)OCCO3)CCOC1. The summed E-state index contributed by atoms with van der Waals surface area (Å²) in [6, 6.07) is 3.37. The predicted octanol–water partition coefficient (Wildman–Crippen LogP) is 1.40. The van der Waals surface area contributed by atoms with Crippen LogP contribution in [-0.4, -0.2) is 48.9 Å². The molecule has 1 fully saturated rings. The number of ether oxygens (including phenoxy) is 3. The van der Waals surface area contributed by atoms with Gasteiger partial charge in [0.2, 0.25) is 5.91 Å². The number of carboxylic acids is 1. The molecule has 1 aromatic rings. The fraction of sp³-hybridized carbons (Fsp3) is 0.500. The van der Waals surface area contributed by atoms with E-state index in [1.165, 1.54) is 0 Å². The number of amides is 1. The molecule has 1 unspecified atom stereocenters. The van der Waals surface area contributed by atoms with Gasteiger partial charge >= 0.3 is 5.97 Å². The highest BCUT2D eigenvalue weighted by Crippen LogP contribution is 2.38. The summed E-state index contributed by atoms with van der Waals surface area (Å²) in [4.78, 5) is 23.4. The van der Waals surface area contributed by atoms with Crippen LogP contribution in [0.5, 0.6) is 11.5 Å². The highest BCUT2D eigenvalue weighted by atomic mass is 35.5. The van der Waals surface area contributed by atoms with Gasteiger partial charge in [-0.15, -0.1) is 0 Å². The highest BCUT2D eigenvalue weighted by Gasteiger charge is 2.38. The Hall–Kier alpha value is -1.99. The van der Waals surface area contributed by atoms with Gasteiger partial charge in [0, 0.05) is 6.61 Å². The lowest BCUT2D eigenvalue weighted by molar-refractivity contribution is -0.139. The summed E-state index contributed by atoms with van der Waals surface area (Å²) in [6.07, 6.45) is 0.380. The smallest absolute Gasteiger partial charge is 0.305 e. The topological polar surface area (TPSA) is 94.1 Å². The van der Waals surface area contributed by atoms with Crippen LogP contribution >= 0.6 is 11.6 Å². The quantitative estimate of drug-likeness (QED) is 0.829. The number of carbonyl (C=O) groups excluding carboxylic acids is 1. The van der Waals surface area contributed by atoms with E-state index in [0.29, 0.717) is 48.3 Å². The normalized spacial score (nSPS) is 22.2. The number of hydrogen-bond acceptors (Lipinski definition) is 5. The van der Waals surface area contributed by atoms with Crippen molar-refractivity contribution in [2.24, 2.45) is 0 Å². The molecule has 0 spiro atoms. The monoisotopic (exact) mass is 355 g/mol. The molecule has 8 heteroatoms. The van der Waals surface area contributed by atoms with Crippen molar-refractivity contribution in [3.63, 3.8) is 0 Å². The van der Waals surface area contributed by atoms with Gasteiger partial charge in [-0.3, -0.25) is 9.59 Å². The van der Waals surface area contributed by atoms with Crippen molar-refractivity contribution in [2.75, 3.05) is 26.4 Å². The van der Waals surface area contributed by atoms with Crippen LogP contribution in [0.25, 0.3) is 0 Å². The predicted molar refractivity (Wildman–Crippen MR) is 84.7 cm³/mol. The number of hydrogen-bond donors (Lipinski definition) is 2. The van der Waals surface area contributed by atoms with Gasteiger partial charge < -0.3 is 24.6 Å². The van der Waals surface area contributed by atoms with Gasteiger partial charge in [0.05, 0.1) is 30.0 Å². The van der Waals surface area contributed by atoms with Crippen LogP contribution in [0.3, 0.4) is 0 Å². The number of fused-ring (bicyclic) bond motifs is 1. The average molecular weight is 356 g/mol. The van der Waals surface area contributed by atoms with E-state index in [9.17, 15) is 9.59 Å². The summed E-state index contributed by atoms with van der Waals surface area (Å²) < 4.78 is 16.2. The molecule has 2 aliphatic rings. The van der Waals surface area contributed by atoms with E-state index in [2.05, 4.69) is 5.32 Å². The van der Waals surface area contributed by atoms with Crippen molar-refractivity contribution < 1.29 is 28.9 Å². The molecule has 3 rings (SSSR count). The first-order chi connectivity index (χ1) is 11.5. The molecule has 2 N–H and O–H groups in total. The second kappa shape index (κ2) is 6.86. The number of halogens is 1. The molecule has 0 aromatic heterocycles. The van der Waals surface area contributed by atoms with Crippen molar-refractivity contribution in [3.05, 3.63) is 22.7 Å². The van der Waals surface area contributed by atoms with E-state index >= 15 is 0 Å². The maximum atomic E-state index is 12.4. The molecule has 2 aliphatic heterocycles. The van der Waals surface area contributed by atoms with Crippen LogP contribution in [0.1, 0.15) is 18.4 Å². The van der Waals surface area contributed by atoms with Crippen LogP contribution in [0, 0.1) is 0 Å². The molecule has 0 bridgehead atoms. The number of carbonyl (C=O) groups is 2. The molecule has 0 radical (unpaired) electrons. The lowest BCUT2D eigenvalue weighted by Gasteiger charge is -2.27. The molecule has 24 heavy (non-hydrogen) atoms. The van der Waals surface area contributed by atoms with Crippen LogP contribution in [0.2, 0.25) is 5.02 Å². The van der Waals surface area contributed by atoms with Crippen LogP contribution in [-0.2, 0) is 20.7 Å². The Kier molecular flexibility index (Phi) is 4.82. The van der Waals surface area contributed by atoms with E-state index in [4.69, 9.17) is 30.9 Å². The zero-order valence-corrected chi connectivity index (χ0v) is 13.7. The maximum absolute atomic E-state index is 12.4. The van der Waals surface area contributed by atoms with E-state index in [-0.39, 0.29) is 25.4 Å². The second-order valence-electron chi connectivity index (χ2n) is 5.98.